The fourth-order valence-electron chi connectivity index (χ4n) is 1.16. The highest BCUT2D eigenvalue weighted by Gasteiger charge is 2.09. The highest BCUT2D eigenvalue weighted by molar-refractivity contribution is 8.01. The van der Waals surface area contributed by atoms with E-state index >= 15 is 0 Å². The third-order valence-electron chi connectivity index (χ3n) is 1.98. The average Bonchev–Trinajstić information content (AvgIpc) is 2.73. The Morgan fingerprint density at radius 3 is 2.88 bits per heavy atom. The van der Waals surface area contributed by atoms with Crippen LogP contribution in [0.5, 0.6) is 0 Å². The van der Waals surface area contributed by atoms with Gasteiger partial charge in [0.25, 0.3) is 0 Å². The minimum Gasteiger partial charge on any atom is -0.389 e. The Morgan fingerprint density at radius 1 is 1.50 bits per heavy atom. The summed E-state index contributed by atoms with van der Waals surface area (Å²) in [7, 11) is 0. The first-order valence-corrected chi connectivity index (χ1v) is 6.28. The molecule has 3 nitrogen and oxygen atoms in total. The Hall–Kier alpha value is -0.980. The van der Waals surface area contributed by atoms with Crippen LogP contribution >= 0.6 is 23.1 Å². The summed E-state index contributed by atoms with van der Waals surface area (Å²) in [6, 6.07) is 4.69. The van der Waals surface area contributed by atoms with E-state index in [1.54, 1.807) is 24.6 Å². The van der Waals surface area contributed by atoms with Gasteiger partial charge in [-0.05, 0) is 24.6 Å². The first-order valence-electron chi connectivity index (χ1n) is 4.58. The fraction of sp³-hybridized carbons (Fsp3) is 0.200. The standard InChI is InChI=1S/C10H9FN2OS2/c1-6(14)7-2-3-9(8(11)4-7)16-10-13-12-5-15-10/h2-6,14H,1H3. The molecular weight excluding hydrogens is 247 g/mol. The van der Waals surface area contributed by atoms with Crippen LogP contribution in [0.25, 0.3) is 0 Å². The molecule has 0 aliphatic carbocycles. The van der Waals surface area contributed by atoms with E-state index < -0.39 is 6.10 Å². The molecule has 1 aromatic carbocycles. The summed E-state index contributed by atoms with van der Waals surface area (Å²) < 4.78 is 14.3. The van der Waals surface area contributed by atoms with Crippen LogP contribution < -0.4 is 0 Å². The van der Waals surface area contributed by atoms with Crippen molar-refractivity contribution in [3.8, 4) is 0 Å². The van der Waals surface area contributed by atoms with Crippen LogP contribution in [0.4, 0.5) is 4.39 Å². The van der Waals surface area contributed by atoms with Gasteiger partial charge >= 0.3 is 0 Å². The molecule has 0 spiro atoms. The van der Waals surface area contributed by atoms with Gasteiger partial charge in [-0.3, -0.25) is 0 Å². The van der Waals surface area contributed by atoms with Crippen molar-refractivity contribution < 1.29 is 9.50 Å². The molecule has 0 fully saturated rings. The molecular formula is C10H9FN2OS2. The first-order chi connectivity index (χ1) is 7.66. The average molecular weight is 256 g/mol. The largest absolute Gasteiger partial charge is 0.389 e. The predicted molar refractivity (Wildman–Crippen MR) is 61.1 cm³/mol. The number of halogens is 1. The van der Waals surface area contributed by atoms with Gasteiger partial charge < -0.3 is 5.11 Å². The summed E-state index contributed by atoms with van der Waals surface area (Å²) in [6.07, 6.45) is -0.657. The number of nitrogens with zero attached hydrogens (tertiary/aromatic N) is 2. The maximum Gasteiger partial charge on any atom is 0.178 e. The highest BCUT2D eigenvalue weighted by atomic mass is 32.2. The zero-order valence-corrected chi connectivity index (χ0v) is 10.1. The van der Waals surface area contributed by atoms with Crippen molar-refractivity contribution in [3.05, 3.63) is 35.1 Å². The molecule has 84 valence electrons. The van der Waals surface area contributed by atoms with Gasteiger partial charge in [0.1, 0.15) is 11.3 Å². The topological polar surface area (TPSA) is 46.0 Å². The molecule has 2 aromatic rings. The van der Waals surface area contributed by atoms with E-state index in [9.17, 15) is 9.50 Å². The van der Waals surface area contributed by atoms with Crippen LogP contribution in [0.3, 0.4) is 0 Å². The normalized spacial score (nSPS) is 12.7. The summed E-state index contributed by atoms with van der Waals surface area (Å²) in [5.41, 5.74) is 2.17. The van der Waals surface area contributed by atoms with Crippen molar-refractivity contribution in [1.82, 2.24) is 10.2 Å². The summed E-state index contributed by atoms with van der Waals surface area (Å²) in [6.45, 7) is 1.60. The van der Waals surface area contributed by atoms with Crippen molar-refractivity contribution in [3.63, 3.8) is 0 Å². The molecule has 1 N–H and O–H groups in total. The van der Waals surface area contributed by atoms with Crippen molar-refractivity contribution >= 4 is 23.1 Å². The number of hydrogen-bond acceptors (Lipinski definition) is 5. The van der Waals surface area contributed by atoms with Gasteiger partial charge in [-0.25, -0.2) is 4.39 Å². The SMILES string of the molecule is CC(O)c1ccc(Sc2nncs2)c(F)c1. The number of aliphatic hydroxyl groups excluding tert-OH is 1. The Labute approximate surface area is 100 Å². The zero-order chi connectivity index (χ0) is 11.5. The number of hydrogen-bond donors (Lipinski definition) is 1. The van der Waals surface area contributed by atoms with Crippen molar-refractivity contribution in [2.45, 2.75) is 22.3 Å². The summed E-state index contributed by atoms with van der Waals surface area (Å²) in [5, 5.41) is 16.8. The molecule has 1 unspecified atom stereocenters. The molecule has 0 amide bonds. The number of aliphatic hydroxyl groups is 1. The Balaban J connectivity index is 2.23. The Bertz CT molecular complexity index is 474. The molecule has 2 rings (SSSR count). The summed E-state index contributed by atoms with van der Waals surface area (Å²) >= 11 is 2.59. The minimum atomic E-state index is -0.657. The minimum absolute atomic E-state index is 0.349. The van der Waals surface area contributed by atoms with Crippen LogP contribution in [-0.4, -0.2) is 15.3 Å². The lowest BCUT2D eigenvalue weighted by molar-refractivity contribution is 0.198. The molecule has 0 aliphatic heterocycles. The first kappa shape index (κ1) is 11.5. The maximum atomic E-state index is 13.6. The molecule has 0 bridgehead atoms. The molecule has 0 radical (unpaired) electrons. The summed E-state index contributed by atoms with van der Waals surface area (Å²) in [4.78, 5) is 0.487. The molecule has 0 saturated carbocycles. The second-order valence-corrected chi connectivity index (χ2v) is 5.29. The lowest BCUT2D eigenvalue weighted by Crippen LogP contribution is -1.92. The van der Waals surface area contributed by atoms with Gasteiger partial charge in [0.15, 0.2) is 4.34 Å². The molecule has 1 heterocycles. The lowest BCUT2D eigenvalue weighted by atomic mass is 10.1. The predicted octanol–water partition coefficient (Wildman–Crippen LogP) is 2.88. The molecule has 6 heteroatoms. The van der Waals surface area contributed by atoms with Gasteiger partial charge in [-0.2, -0.15) is 0 Å². The molecule has 16 heavy (non-hydrogen) atoms. The van der Waals surface area contributed by atoms with Gasteiger partial charge in [0.05, 0.1) is 11.0 Å². The Kier molecular flexibility index (Phi) is 3.52. The zero-order valence-electron chi connectivity index (χ0n) is 8.42. The second kappa shape index (κ2) is 4.90. The molecule has 1 aromatic heterocycles. The Morgan fingerprint density at radius 2 is 2.31 bits per heavy atom. The van der Waals surface area contributed by atoms with Crippen LogP contribution in [0.15, 0.2) is 32.9 Å². The van der Waals surface area contributed by atoms with E-state index in [1.807, 2.05) is 0 Å². The van der Waals surface area contributed by atoms with Crippen molar-refractivity contribution in [1.29, 1.82) is 0 Å². The van der Waals surface area contributed by atoms with E-state index in [-0.39, 0.29) is 5.82 Å². The molecule has 0 aliphatic rings. The number of aromatic nitrogens is 2. The third-order valence-corrected chi connectivity index (χ3v) is 3.80. The van der Waals surface area contributed by atoms with Crippen molar-refractivity contribution in [2.75, 3.05) is 0 Å². The second-order valence-electron chi connectivity index (χ2n) is 3.17. The van der Waals surface area contributed by atoms with E-state index in [0.717, 1.165) is 0 Å². The van der Waals surface area contributed by atoms with E-state index in [0.29, 0.717) is 14.8 Å². The van der Waals surface area contributed by atoms with Gasteiger partial charge in [-0.15, -0.1) is 10.2 Å². The third kappa shape index (κ3) is 2.58. The molecule has 0 saturated heterocycles. The highest BCUT2D eigenvalue weighted by Crippen LogP contribution is 2.31. The number of benzene rings is 1. The summed E-state index contributed by atoms with van der Waals surface area (Å²) in [5.74, 6) is -0.349. The van der Waals surface area contributed by atoms with Crippen molar-refractivity contribution in [2.24, 2.45) is 0 Å². The quantitative estimate of drug-likeness (QED) is 0.917. The molecule has 1 atom stereocenters. The lowest BCUT2D eigenvalue weighted by Gasteiger charge is -2.06. The smallest absolute Gasteiger partial charge is 0.178 e. The fourth-order valence-corrected chi connectivity index (χ4v) is 2.60. The van der Waals surface area contributed by atoms with Gasteiger partial charge in [0, 0.05) is 0 Å². The van der Waals surface area contributed by atoms with E-state index in [2.05, 4.69) is 10.2 Å². The van der Waals surface area contributed by atoms with E-state index in [1.165, 1.54) is 29.2 Å². The van der Waals surface area contributed by atoms with Crippen LogP contribution in [-0.2, 0) is 0 Å². The van der Waals surface area contributed by atoms with Gasteiger partial charge in [-0.1, -0.05) is 29.2 Å². The van der Waals surface area contributed by atoms with Crippen LogP contribution in [0, 0.1) is 5.82 Å². The number of rotatable bonds is 3. The van der Waals surface area contributed by atoms with Gasteiger partial charge in [0.2, 0.25) is 0 Å². The van der Waals surface area contributed by atoms with Crippen LogP contribution in [0.1, 0.15) is 18.6 Å². The maximum absolute atomic E-state index is 13.6. The van der Waals surface area contributed by atoms with E-state index in [4.69, 9.17) is 0 Å². The monoisotopic (exact) mass is 256 g/mol. The van der Waals surface area contributed by atoms with Crippen LogP contribution in [0.2, 0.25) is 0 Å².